The average molecular weight is 577 g/mol. The lowest BCUT2D eigenvalue weighted by molar-refractivity contribution is 0.0954. The van der Waals surface area contributed by atoms with Gasteiger partial charge < -0.3 is 11.1 Å². The summed E-state index contributed by atoms with van der Waals surface area (Å²) in [6.07, 6.45) is 1.55. The lowest BCUT2D eigenvalue weighted by atomic mass is 10.1. The molecule has 30 heavy (non-hydrogen) atoms. The van der Waals surface area contributed by atoms with Crippen molar-refractivity contribution in [2.75, 3.05) is 5.32 Å². The third kappa shape index (κ3) is 4.39. The monoisotopic (exact) mass is 574 g/mol. The summed E-state index contributed by atoms with van der Waals surface area (Å²) in [4.78, 5) is 29.7. The Morgan fingerprint density at radius 2 is 1.90 bits per heavy atom. The van der Waals surface area contributed by atoms with Crippen molar-refractivity contribution in [2.24, 2.45) is 11.6 Å². The highest BCUT2D eigenvalue weighted by Gasteiger charge is 2.24. The summed E-state index contributed by atoms with van der Waals surface area (Å²) in [5.74, 6) is 4.45. The number of halogens is 4. The number of aromatic nitrogens is 2. The summed E-state index contributed by atoms with van der Waals surface area (Å²) in [6.45, 7) is 0.0293. The number of hydrogen-bond donors (Lipinski definition) is 4. The maximum atomic E-state index is 13.2. The number of carbonyl (C=O) groups excluding carboxylic acids is 2. The van der Waals surface area contributed by atoms with Crippen LogP contribution in [0.25, 0.3) is 5.82 Å². The zero-order chi connectivity index (χ0) is 22.0. The quantitative estimate of drug-likeness (QED) is 0.207. The Kier molecular flexibility index (Phi) is 7.17. The molecule has 0 radical (unpaired) electrons. The van der Waals surface area contributed by atoms with Crippen LogP contribution < -0.4 is 22.3 Å². The molecule has 0 aliphatic heterocycles. The molecule has 3 aromatic rings. The molecular weight excluding hydrogens is 563 g/mol. The molecule has 0 unspecified atom stereocenters. The fraction of sp³-hybridized carbons (Fsp3) is 0.0556. The molecule has 0 atom stereocenters. The van der Waals surface area contributed by atoms with Crippen LogP contribution in [0, 0.1) is 0 Å². The molecule has 1 aromatic carbocycles. The first kappa shape index (κ1) is 22.7. The summed E-state index contributed by atoms with van der Waals surface area (Å²) in [7, 11) is 0. The van der Waals surface area contributed by atoms with Crippen LogP contribution in [-0.2, 0) is 6.54 Å². The summed E-state index contributed by atoms with van der Waals surface area (Å²) >= 11 is 19.2. The van der Waals surface area contributed by atoms with Crippen LogP contribution in [-0.4, -0.2) is 21.4 Å². The predicted molar refractivity (Wildman–Crippen MR) is 123 cm³/mol. The minimum Gasteiger partial charge on any atom is -0.326 e. The van der Waals surface area contributed by atoms with Crippen LogP contribution in [0.3, 0.4) is 0 Å². The summed E-state index contributed by atoms with van der Waals surface area (Å²) in [5, 5.41) is 3.35. The minimum absolute atomic E-state index is 0.0293. The number of nitrogens with one attached hydrogen (secondary N) is 2. The highest BCUT2D eigenvalue weighted by molar-refractivity contribution is 9.13. The topological polar surface area (TPSA) is 128 Å². The van der Waals surface area contributed by atoms with E-state index in [1.54, 1.807) is 30.5 Å². The van der Waals surface area contributed by atoms with E-state index in [9.17, 15) is 9.59 Å². The second-order valence-corrected chi connectivity index (χ2v) is 8.38. The Morgan fingerprint density at radius 1 is 1.17 bits per heavy atom. The van der Waals surface area contributed by atoms with Crippen LogP contribution in [0.5, 0.6) is 0 Å². The molecule has 2 heterocycles. The van der Waals surface area contributed by atoms with Gasteiger partial charge in [-0.05, 0) is 67.8 Å². The maximum Gasteiger partial charge on any atom is 0.272 e. The van der Waals surface area contributed by atoms with E-state index >= 15 is 0 Å². The number of nitrogen functional groups attached to an aromatic ring is 1. The van der Waals surface area contributed by atoms with Gasteiger partial charge in [-0.3, -0.25) is 19.6 Å². The van der Waals surface area contributed by atoms with E-state index in [1.165, 1.54) is 10.6 Å². The van der Waals surface area contributed by atoms with E-state index in [0.717, 1.165) is 0 Å². The standard InChI is InChI=1S/C18H14Br2Cl2N6O2/c19-11-6-13(28(15(11)20)16-12(22)2-1-3-25-16)18(30)26-14-8(7-23)4-9(21)5-10(14)17(29)27-24/h1-6H,7,23-24H2,(H,26,30)(H,27,29). The molecule has 2 aromatic heterocycles. The van der Waals surface area contributed by atoms with Crippen molar-refractivity contribution < 1.29 is 9.59 Å². The number of hydrazine groups is 1. The minimum atomic E-state index is -0.631. The van der Waals surface area contributed by atoms with Gasteiger partial charge in [-0.25, -0.2) is 10.8 Å². The summed E-state index contributed by atoms with van der Waals surface area (Å²) < 4.78 is 2.66. The van der Waals surface area contributed by atoms with Crippen LogP contribution >= 0.6 is 55.1 Å². The van der Waals surface area contributed by atoms with Gasteiger partial charge in [-0.15, -0.1) is 0 Å². The number of amides is 2. The van der Waals surface area contributed by atoms with Crippen molar-refractivity contribution in [1.29, 1.82) is 0 Å². The maximum absolute atomic E-state index is 13.2. The van der Waals surface area contributed by atoms with E-state index in [-0.39, 0.29) is 28.5 Å². The second-order valence-electron chi connectivity index (χ2n) is 5.93. The number of nitrogens with two attached hydrogens (primary N) is 2. The first-order valence-electron chi connectivity index (χ1n) is 8.30. The van der Waals surface area contributed by atoms with Gasteiger partial charge in [0, 0.05) is 17.8 Å². The molecule has 0 aliphatic rings. The van der Waals surface area contributed by atoms with Gasteiger partial charge >= 0.3 is 0 Å². The summed E-state index contributed by atoms with van der Waals surface area (Å²) in [5.41, 5.74) is 8.76. The number of benzene rings is 1. The van der Waals surface area contributed by atoms with Gasteiger partial charge in [0.2, 0.25) is 0 Å². The van der Waals surface area contributed by atoms with Gasteiger partial charge in [-0.1, -0.05) is 23.2 Å². The zero-order valence-electron chi connectivity index (χ0n) is 15.0. The van der Waals surface area contributed by atoms with Crippen LogP contribution in [0.15, 0.2) is 45.6 Å². The van der Waals surface area contributed by atoms with Gasteiger partial charge in [0.15, 0.2) is 5.82 Å². The third-order valence-corrected chi connectivity index (χ3v) is 6.53. The normalized spacial score (nSPS) is 10.7. The van der Waals surface area contributed by atoms with Crippen molar-refractivity contribution >= 4 is 72.6 Å². The lowest BCUT2D eigenvalue weighted by Gasteiger charge is -2.16. The van der Waals surface area contributed by atoms with Gasteiger partial charge in [0.1, 0.15) is 10.3 Å². The zero-order valence-corrected chi connectivity index (χ0v) is 19.7. The number of hydrogen-bond acceptors (Lipinski definition) is 5. The van der Waals surface area contributed by atoms with E-state index in [1.807, 2.05) is 5.43 Å². The average Bonchev–Trinajstić information content (AvgIpc) is 3.03. The van der Waals surface area contributed by atoms with E-state index in [2.05, 4.69) is 42.2 Å². The molecule has 3 rings (SSSR count). The van der Waals surface area contributed by atoms with Crippen LogP contribution in [0.2, 0.25) is 10.0 Å². The second kappa shape index (κ2) is 9.46. The fourth-order valence-electron chi connectivity index (χ4n) is 2.78. The molecule has 0 spiro atoms. The number of rotatable bonds is 5. The number of nitrogens with zero attached hydrogens (tertiary/aromatic N) is 2. The van der Waals surface area contributed by atoms with E-state index in [0.29, 0.717) is 25.5 Å². The fourth-order valence-corrected chi connectivity index (χ4v) is 4.09. The predicted octanol–water partition coefficient (Wildman–Crippen LogP) is 4.02. The van der Waals surface area contributed by atoms with E-state index in [4.69, 9.17) is 34.8 Å². The first-order valence-corrected chi connectivity index (χ1v) is 10.6. The Hall–Kier alpha value is -1.95. The molecule has 0 saturated carbocycles. The molecule has 0 aliphatic carbocycles. The van der Waals surface area contributed by atoms with Gasteiger partial charge in [0.05, 0.1) is 20.7 Å². The molecule has 0 bridgehead atoms. The van der Waals surface area contributed by atoms with Crippen molar-refractivity contribution in [3.8, 4) is 5.82 Å². The number of carbonyl (C=O) groups is 2. The number of anilines is 1. The van der Waals surface area contributed by atoms with Crippen molar-refractivity contribution in [2.45, 2.75) is 6.54 Å². The Balaban J connectivity index is 2.12. The molecule has 0 saturated heterocycles. The highest BCUT2D eigenvalue weighted by atomic mass is 79.9. The molecular formula is C18H14Br2Cl2N6O2. The van der Waals surface area contributed by atoms with Crippen molar-refractivity contribution in [3.05, 3.63) is 72.5 Å². The molecule has 8 nitrogen and oxygen atoms in total. The SMILES string of the molecule is NCc1cc(Cl)cc(C(=O)NN)c1NC(=O)c1cc(Br)c(Br)n1-c1ncccc1Cl. The smallest absolute Gasteiger partial charge is 0.272 e. The highest BCUT2D eigenvalue weighted by Crippen LogP contribution is 2.33. The van der Waals surface area contributed by atoms with Crippen molar-refractivity contribution in [3.63, 3.8) is 0 Å². The Bertz CT molecular complexity index is 1150. The number of pyridine rings is 1. The largest absolute Gasteiger partial charge is 0.326 e. The summed E-state index contributed by atoms with van der Waals surface area (Å²) in [6, 6.07) is 7.87. The molecule has 156 valence electrons. The third-order valence-electron chi connectivity index (χ3n) is 4.10. The Labute approximate surface area is 198 Å². The van der Waals surface area contributed by atoms with Crippen LogP contribution in [0.1, 0.15) is 26.4 Å². The van der Waals surface area contributed by atoms with Crippen LogP contribution in [0.4, 0.5) is 5.69 Å². The van der Waals surface area contributed by atoms with Gasteiger partial charge in [0.25, 0.3) is 11.8 Å². The molecule has 0 fully saturated rings. The lowest BCUT2D eigenvalue weighted by Crippen LogP contribution is -2.31. The molecule has 2 amide bonds. The Morgan fingerprint density at radius 3 is 2.53 bits per heavy atom. The first-order chi connectivity index (χ1) is 14.3. The van der Waals surface area contributed by atoms with Gasteiger partial charge in [-0.2, -0.15) is 0 Å². The molecule has 12 heteroatoms. The van der Waals surface area contributed by atoms with Crippen molar-refractivity contribution in [1.82, 2.24) is 15.0 Å². The van der Waals surface area contributed by atoms with E-state index < -0.39 is 11.8 Å². The molecule has 6 N–H and O–H groups in total.